The van der Waals surface area contributed by atoms with Crippen molar-refractivity contribution in [2.75, 3.05) is 33.4 Å². The minimum atomic E-state index is -0.301. The first-order valence-electron chi connectivity index (χ1n) is 8.28. The van der Waals surface area contributed by atoms with E-state index in [1.165, 1.54) is 12.1 Å². The van der Waals surface area contributed by atoms with Gasteiger partial charge in [-0.05, 0) is 30.5 Å². The molecule has 3 rings (SSSR count). The molecule has 126 valence electrons. The van der Waals surface area contributed by atoms with Crippen molar-refractivity contribution in [3.8, 4) is 0 Å². The molecule has 1 saturated heterocycles. The van der Waals surface area contributed by atoms with E-state index in [9.17, 15) is 9.18 Å². The molecule has 1 aromatic carbocycles. The largest absolute Gasteiger partial charge is 0.384 e. The average Bonchev–Trinajstić information content (AvgIpc) is 2.90. The number of halogens is 1. The van der Waals surface area contributed by atoms with Crippen molar-refractivity contribution in [1.29, 1.82) is 0 Å². The standard InChI is InChI=1S/C18H24FNO3/c1-22-12-15-5-3-7-18(15)13-20(8-9-23-18)17(21)11-14-4-2-6-16(19)10-14/h2,4,6,10,15H,3,5,7-9,11-13H2,1H3/t15-,18+/m1/s1. The topological polar surface area (TPSA) is 38.8 Å². The van der Waals surface area contributed by atoms with Crippen molar-refractivity contribution in [2.24, 2.45) is 5.92 Å². The van der Waals surface area contributed by atoms with Crippen LogP contribution in [0, 0.1) is 11.7 Å². The Morgan fingerprint density at radius 1 is 1.52 bits per heavy atom. The fourth-order valence-electron chi connectivity index (χ4n) is 3.90. The van der Waals surface area contributed by atoms with Gasteiger partial charge in [-0.25, -0.2) is 4.39 Å². The van der Waals surface area contributed by atoms with Gasteiger partial charge in [0.2, 0.25) is 5.91 Å². The Hall–Kier alpha value is -1.46. The maximum absolute atomic E-state index is 13.3. The molecule has 0 aromatic heterocycles. The summed E-state index contributed by atoms with van der Waals surface area (Å²) in [6.07, 6.45) is 3.41. The van der Waals surface area contributed by atoms with Crippen LogP contribution < -0.4 is 0 Å². The number of carbonyl (C=O) groups is 1. The molecule has 1 aliphatic carbocycles. The summed E-state index contributed by atoms with van der Waals surface area (Å²) in [6.45, 7) is 2.46. The minimum Gasteiger partial charge on any atom is -0.384 e. The van der Waals surface area contributed by atoms with Crippen molar-refractivity contribution in [2.45, 2.75) is 31.3 Å². The Labute approximate surface area is 136 Å². The van der Waals surface area contributed by atoms with Gasteiger partial charge >= 0.3 is 0 Å². The lowest BCUT2D eigenvalue weighted by molar-refractivity contribution is -0.160. The van der Waals surface area contributed by atoms with Crippen molar-refractivity contribution in [3.05, 3.63) is 35.6 Å². The zero-order chi connectivity index (χ0) is 16.3. The van der Waals surface area contributed by atoms with Gasteiger partial charge in [0.05, 0.1) is 31.8 Å². The smallest absolute Gasteiger partial charge is 0.227 e. The lowest BCUT2D eigenvalue weighted by Gasteiger charge is -2.44. The molecule has 2 aliphatic rings. The van der Waals surface area contributed by atoms with Gasteiger partial charge in [-0.2, -0.15) is 0 Å². The molecule has 1 aliphatic heterocycles. The summed E-state index contributed by atoms with van der Waals surface area (Å²) < 4.78 is 24.7. The highest BCUT2D eigenvalue weighted by molar-refractivity contribution is 5.79. The predicted octanol–water partition coefficient (Wildman–Crippen LogP) is 2.41. The number of hydrogen-bond acceptors (Lipinski definition) is 3. The van der Waals surface area contributed by atoms with E-state index in [1.807, 2.05) is 4.90 Å². The highest BCUT2D eigenvalue weighted by atomic mass is 19.1. The van der Waals surface area contributed by atoms with Crippen LogP contribution in [0.4, 0.5) is 4.39 Å². The lowest BCUT2D eigenvalue weighted by Crippen LogP contribution is -2.56. The Morgan fingerprint density at radius 3 is 3.17 bits per heavy atom. The Balaban J connectivity index is 1.67. The van der Waals surface area contributed by atoms with Gasteiger partial charge in [0.25, 0.3) is 0 Å². The molecule has 0 unspecified atom stereocenters. The molecular formula is C18H24FNO3. The van der Waals surface area contributed by atoms with E-state index in [2.05, 4.69) is 0 Å². The monoisotopic (exact) mass is 321 g/mol. The second-order valence-corrected chi connectivity index (χ2v) is 6.58. The average molecular weight is 321 g/mol. The lowest BCUT2D eigenvalue weighted by atomic mass is 9.89. The van der Waals surface area contributed by atoms with Crippen LogP contribution in [0.15, 0.2) is 24.3 Å². The Kier molecular flexibility index (Phi) is 4.97. The number of benzene rings is 1. The fourth-order valence-corrected chi connectivity index (χ4v) is 3.90. The van der Waals surface area contributed by atoms with Gasteiger partial charge in [0, 0.05) is 19.6 Å². The van der Waals surface area contributed by atoms with Gasteiger partial charge in [0.15, 0.2) is 0 Å². The van der Waals surface area contributed by atoms with Crippen LogP contribution >= 0.6 is 0 Å². The van der Waals surface area contributed by atoms with Gasteiger partial charge in [-0.15, -0.1) is 0 Å². The molecule has 0 radical (unpaired) electrons. The van der Waals surface area contributed by atoms with Crippen molar-refractivity contribution < 1.29 is 18.7 Å². The van der Waals surface area contributed by atoms with E-state index in [0.717, 1.165) is 24.8 Å². The first-order chi connectivity index (χ1) is 11.1. The van der Waals surface area contributed by atoms with Crippen molar-refractivity contribution >= 4 is 5.91 Å². The Bertz CT molecular complexity index is 565. The van der Waals surface area contributed by atoms with Gasteiger partial charge in [-0.1, -0.05) is 18.6 Å². The van der Waals surface area contributed by atoms with Crippen LogP contribution in [0.5, 0.6) is 0 Å². The maximum Gasteiger partial charge on any atom is 0.227 e. The summed E-state index contributed by atoms with van der Waals surface area (Å²) in [7, 11) is 1.71. The van der Waals surface area contributed by atoms with Crippen LogP contribution in [0.1, 0.15) is 24.8 Å². The summed E-state index contributed by atoms with van der Waals surface area (Å²) >= 11 is 0. The third-order valence-corrected chi connectivity index (χ3v) is 5.07. The molecule has 1 heterocycles. The number of carbonyl (C=O) groups excluding carboxylic acids is 1. The first kappa shape index (κ1) is 16.4. The van der Waals surface area contributed by atoms with Gasteiger partial charge < -0.3 is 14.4 Å². The maximum atomic E-state index is 13.3. The third kappa shape index (κ3) is 3.56. The van der Waals surface area contributed by atoms with E-state index < -0.39 is 0 Å². The molecule has 1 aromatic rings. The number of hydrogen-bond donors (Lipinski definition) is 0. The number of rotatable bonds is 4. The molecule has 1 saturated carbocycles. The Morgan fingerprint density at radius 2 is 2.39 bits per heavy atom. The molecule has 0 bridgehead atoms. The minimum absolute atomic E-state index is 0.0429. The molecule has 1 spiro atoms. The van der Waals surface area contributed by atoms with Gasteiger partial charge in [-0.3, -0.25) is 4.79 Å². The zero-order valence-corrected chi connectivity index (χ0v) is 13.6. The molecule has 5 heteroatoms. The number of morpholine rings is 1. The number of ether oxygens (including phenoxy) is 2. The van der Waals surface area contributed by atoms with Crippen molar-refractivity contribution in [1.82, 2.24) is 4.90 Å². The molecule has 2 fully saturated rings. The molecular weight excluding hydrogens is 297 g/mol. The van der Waals surface area contributed by atoms with Crippen LogP contribution in [0.2, 0.25) is 0 Å². The predicted molar refractivity (Wildman–Crippen MR) is 84.6 cm³/mol. The highest BCUT2D eigenvalue weighted by Crippen LogP contribution is 2.41. The second-order valence-electron chi connectivity index (χ2n) is 6.58. The van der Waals surface area contributed by atoms with E-state index >= 15 is 0 Å². The SMILES string of the molecule is COC[C@H]1CCC[C@]12CN(C(=O)Cc1cccc(F)c1)CCO2. The summed E-state index contributed by atoms with van der Waals surface area (Å²) in [4.78, 5) is 14.5. The molecule has 4 nitrogen and oxygen atoms in total. The van der Waals surface area contributed by atoms with E-state index in [0.29, 0.717) is 32.2 Å². The number of methoxy groups -OCH3 is 1. The van der Waals surface area contributed by atoms with Crippen molar-refractivity contribution in [3.63, 3.8) is 0 Å². The first-order valence-corrected chi connectivity index (χ1v) is 8.28. The third-order valence-electron chi connectivity index (χ3n) is 5.07. The number of amides is 1. The normalized spacial score (nSPS) is 27.6. The van der Waals surface area contributed by atoms with E-state index in [4.69, 9.17) is 9.47 Å². The summed E-state index contributed by atoms with van der Waals surface area (Å²) in [5.74, 6) is 0.0864. The van der Waals surface area contributed by atoms with Crippen LogP contribution in [0.3, 0.4) is 0 Å². The quantitative estimate of drug-likeness (QED) is 0.855. The van der Waals surface area contributed by atoms with E-state index in [1.54, 1.807) is 19.2 Å². The van der Waals surface area contributed by atoms with Gasteiger partial charge in [0.1, 0.15) is 5.82 Å². The number of nitrogens with zero attached hydrogens (tertiary/aromatic N) is 1. The van der Waals surface area contributed by atoms with Crippen LogP contribution in [0.25, 0.3) is 0 Å². The van der Waals surface area contributed by atoms with E-state index in [-0.39, 0.29) is 23.7 Å². The van der Waals surface area contributed by atoms with Crippen LogP contribution in [-0.4, -0.2) is 49.8 Å². The summed E-state index contributed by atoms with van der Waals surface area (Å²) in [5, 5.41) is 0. The summed E-state index contributed by atoms with van der Waals surface area (Å²) in [6, 6.07) is 6.26. The molecule has 1 amide bonds. The summed E-state index contributed by atoms with van der Waals surface area (Å²) in [5.41, 5.74) is 0.460. The molecule has 2 atom stereocenters. The molecule has 23 heavy (non-hydrogen) atoms. The van der Waals surface area contributed by atoms with Crippen LogP contribution in [-0.2, 0) is 20.7 Å². The fraction of sp³-hybridized carbons (Fsp3) is 0.611. The highest BCUT2D eigenvalue weighted by Gasteiger charge is 2.47. The molecule has 0 N–H and O–H groups in total. The zero-order valence-electron chi connectivity index (χ0n) is 13.6. The second kappa shape index (κ2) is 6.97.